The third-order valence-corrected chi connectivity index (χ3v) is 3.54. The van der Waals surface area contributed by atoms with Crippen LogP contribution in [0.15, 0.2) is 18.6 Å². The second kappa shape index (κ2) is 5.28. The molecule has 0 radical (unpaired) electrons. The van der Waals surface area contributed by atoms with Crippen LogP contribution in [0.25, 0.3) is 0 Å². The zero-order valence-electron chi connectivity index (χ0n) is 10.3. The van der Waals surface area contributed by atoms with E-state index in [4.69, 9.17) is 0 Å². The minimum absolute atomic E-state index is 0.664. The van der Waals surface area contributed by atoms with E-state index >= 15 is 0 Å². The van der Waals surface area contributed by atoms with Gasteiger partial charge in [-0.1, -0.05) is 20.3 Å². The Kier molecular flexibility index (Phi) is 3.75. The van der Waals surface area contributed by atoms with Crippen molar-refractivity contribution in [1.82, 2.24) is 9.97 Å². The van der Waals surface area contributed by atoms with Crippen LogP contribution in [0.2, 0.25) is 0 Å². The molecule has 2 heterocycles. The zero-order chi connectivity index (χ0) is 11.4. The van der Waals surface area contributed by atoms with Gasteiger partial charge in [-0.3, -0.25) is 4.98 Å². The highest BCUT2D eigenvalue weighted by molar-refractivity contribution is 5.38. The minimum atomic E-state index is 0.664. The molecule has 0 aliphatic carbocycles. The number of rotatable bonds is 4. The lowest BCUT2D eigenvalue weighted by molar-refractivity contribution is 0.420. The second-order valence-corrected chi connectivity index (χ2v) is 4.73. The molecule has 1 saturated heterocycles. The summed E-state index contributed by atoms with van der Waals surface area (Å²) in [7, 11) is 0. The minimum Gasteiger partial charge on any atom is -0.352 e. The lowest BCUT2D eigenvalue weighted by atomic mass is 9.95. The molecule has 0 spiro atoms. The summed E-state index contributed by atoms with van der Waals surface area (Å²) in [4.78, 5) is 11.0. The molecule has 2 rings (SSSR count). The van der Waals surface area contributed by atoms with Crippen molar-refractivity contribution < 1.29 is 0 Å². The van der Waals surface area contributed by atoms with Crippen molar-refractivity contribution in [1.29, 1.82) is 0 Å². The SMILES string of the molecule is CCCC(C)C1CCCN1c1cnccn1. The van der Waals surface area contributed by atoms with E-state index in [1.165, 1.54) is 25.7 Å². The second-order valence-electron chi connectivity index (χ2n) is 4.73. The van der Waals surface area contributed by atoms with Gasteiger partial charge in [0.15, 0.2) is 0 Å². The Morgan fingerprint density at radius 2 is 2.38 bits per heavy atom. The van der Waals surface area contributed by atoms with E-state index in [9.17, 15) is 0 Å². The largest absolute Gasteiger partial charge is 0.352 e. The van der Waals surface area contributed by atoms with Gasteiger partial charge in [-0.2, -0.15) is 0 Å². The summed E-state index contributed by atoms with van der Waals surface area (Å²) in [5, 5.41) is 0. The Labute approximate surface area is 97.9 Å². The van der Waals surface area contributed by atoms with E-state index in [2.05, 4.69) is 28.7 Å². The van der Waals surface area contributed by atoms with Crippen molar-refractivity contribution in [3.63, 3.8) is 0 Å². The Balaban J connectivity index is 2.09. The standard InChI is InChI=1S/C13H21N3/c1-3-5-11(2)12-6-4-9-16(12)13-10-14-7-8-15-13/h7-8,10-12H,3-6,9H2,1-2H3. The molecular formula is C13H21N3. The van der Waals surface area contributed by atoms with Crippen LogP contribution in [0, 0.1) is 5.92 Å². The van der Waals surface area contributed by atoms with Crippen molar-refractivity contribution in [2.45, 2.75) is 45.6 Å². The lowest BCUT2D eigenvalue weighted by Gasteiger charge is -2.30. The van der Waals surface area contributed by atoms with Crippen LogP contribution in [0.5, 0.6) is 0 Å². The van der Waals surface area contributed by atoms with Gasteiger partial charge in [0, 0.05) is 25.0 Å². The smallest absolute Gasteiger partial charge is 0.147 e. The van der Waals surface area contributed by atoms with Crippen LogP contribution < -0.4 is 4.90 Å². The van der Waals surface area contributed by atoms with E-state index < -0.39 is 0 Å². The van der Waals surface area contributed by atoms with Gasteiger partial charge in [0.25, 0.3) is 0 Å². The number of anilines is 1. The van der Waals surface area contributed by atoms with Gasteiger partial charge in [-0.25, -0.2) is 4.98 Å². The topological polar surface area (TPSA) is 29.0 Å². The molecule has 0 N–H and O–H groups in total. The van der Waals surface area contributed by atoms with E-state index in [1.54, 1.807) is 12.4 Å². The van der Waals surface area contributed by atoms with Crippen LogP contribution in [0.1, 0.15) is 39.5 Å². The monoisotopic (exact) mass is 219 g/mol. The van der Waals surface area contributed by atoms with Gasteiger partial charge < -0.3 is 4.90 Å². The highest BCUT2D eigenvalue weighted by Crippen LogP contribution is 2.29. The first-order valence-electron chi connectivity index (χ1n) is 6.35. The van der Waals surface area contributed by atoms with Crippen LogP contribution in [0.3, 0.4) is 0 Å². The molecule has 3 nitrogen and oxygen atoms in total. The molecule has 2 atom stereocenters. The van der Waals surface area contributed by atoms with E-state index in [1.807, 2.05) is 6.20 Å². The molecule has 1 aromatic rings. The van der Waals surface area contributed by atoms with E-state index in [0.717, 1.165) is 18.3 Å². The van der Waals surface area contributed by atoms with E-state index in [-0.39, 0.29) is 0 Å². The molecule has 3 heteroatoms. The number of hydrogen-bond acceptors (Lipinski definition) is 3. The van der Waals surface area contributed by atoms with Crippen molar-refractivity contribution in [2.75, 3.05) is 11.4 Å². The van der Waals surface area contributed by atoms with Crippen LogP contribution in [-0.4, -0.2) is 22.6 Å². The maximum Gasteiger partial charge on any atom is 0.147 e. The summed E-state index contributed by atoms with van der Waals surface area (Å²) in [5.74, 6) is 1.81. The molecule has 1 aliphatic rings. The summed E-state index contributed by atoms with van der Waals surface area (Å²) >= 11 is 0. The molecule has 16 heavy (non-hydrogen) atoms. The Hall–Kier alpha value is -1.12. The molecule has 0 aromatic carbocycles. The molecule has 2 unspecified atom stereocenters. The van der Waals surface area contributed by atoms with Crippen molar-refractivity contribution in [2.24, 2.45) is 5.92 Å². The van der Waals surface area contributed by atoms with Crippen LogP contribution >= 0.6 is 0 Å². The third kappa shape index (κ3) is 2.34. The fourth-order valence-corrected chi connectivity index (χ4v) is 2.76. The van der Waals surface area contributed by atoms with Crippen LogP contribution in [0.4, 0.5) is 5.82 Å². The van der Waals surface area contributed by atoms with E-state index in [0.29, 0.717) is 6.04 Å². The molecule has 88 valence electrons. The molecule has 1 aliphatic heterocycles. The summed E-state index contributed by atoms with van der Waals surface area (Å²) in [6, 6.07) is 0.664. The molecule has 1 aromatic heterocycles. The summed E-state index contributed by atoms with van der Waals surface area (Å²) < 4.78 is 0. The lowest BCUT2D eigenvalue weighted by Crippen LogP contribution is -2.35. The van der Waals surface area contributed by atoms with Crippen molar-refractivity contribution in [3.05, 3.63) is 18.6 Å². The molecule has 0 bridgehead atoms. The Morgan fingerprint density at radius 3 is 3.06 bits per heavy atom. The summed E-state index contributed by atoms with van der Waals surface area (Å²) in [6.45, 7) is 5.76. The summed E-state index contributed by atoms with van der Waals surface area (Å²) in [6.07, 6.45) is 10.6. The molecule has 0 amide bonds. The summed E-state index contributed by atoms with van der Waals surface area (Å²) in [5.41, 5.74) is 0. The van der Waals surface area contributed by atoms with Gasteiger partial charge >= 0.3 is 0 Å². The quantitative estimate of drug-likeness (QED) is 0.779. The molecular weight excluding hydrogens is 198 g/mol. The predicted molar refractivity (Wildman–Crippen MR) is 66.5 cm³/mol. The first kappa shape index (κ1) is 11.4. The molecule has 0 saturated carbocycles. The fraction of sp³-hybridized carbons (Fsp3) is 0.692. The Bertz CT molecular complexity index is 312. The van der Waals surface area contributed by atoms with Crippen molar-refractivity contribution in [3.8, 4) is 0 Å². The van der Waals surface area contributed by atoms with Crippen molar-refractivity contribution >= 4 is 5.82 Å². The highest BCUT2D eigenvalue weighted by atomic mass is 15.2. The number of hydrogen-bond donors (Lipinski definition) is 0. The van der Waals surface area contributed by atoms with Gasteiger partial charge in [0.1, 0.15) is 5.82 Å². The third-order valence-electron chi connectivity index (χ3n) is 3.54. The maximum absolute atomic E-state index is 4.42. The first-order chi connectivity index (χ1) is 7.83. The first-order valence-corrected chi connectivity index (χ1v) is 6.35. The molecule has 1 fully saturated rings. The highest BCUT2D eigenvalue weighted by Gasteiger charge is 2.29. The van der Waals surface area contributed by atoms with Gasteiger partial charge in [-0.15, -0.1) is 0 Å². The van der Waals surface area contributed by atoms with Gasteiger partial charge in [-0.05, 0) is 25.2 Å². The fourth-order valence-electron chi connectivity index (χ4n) is 2.76. The maximum atomic E-state index is 4.42. The van der Waals surface area contributed by atoms with Gasteiger partial charge in [0.2, 0.25) is 0 Å². The number of aromatic nitrogens is 2. The zero-order valence-corrected chi connectivity index (χ0v) is 10.3. The predicted octanol–water partition coefficient (Wildman–Crippen LogP) is 2.88. The van der Waals surface area contributed by atoms with Crippen LogP contribution in [-0.2, 0) is 0 Å². The Morgan fingerprint density at radius 1 is 1.50 bits per heavy atom. The van der Waals surface area contributed by atoms with Gasteiger partial charge in [0.05, 0.1) is 6.20 Å². The number of nitrogens with zero attached hydrogens (tertiary/aromatic N) is 3. The average molecular weight is 219 g/mol. The normalized spacial score (nSPS) is 22.4. The average Bonchev–Trinajstić information content (AvgIpc) is 2.79.